The van der Waals surface area contributed by atoms with Crippen LogP contribution in [-0.2, 0) is 16.0 Å². The SMILES string of the molecule is CC1CN(c2cc(N3CCc4c(-c5cccc(O)c5)nc(N5CCOCC5)nc43)ccn2)CC(C)N1.O=C(O)C(F)(F)F. The maximum atomic E-state index is 10.6. The number of phenolic OH excluding ortho intramolecular Hbond substituents is 1. The third-order valence-corrected chi connectivity index (χ3v) is 7.39. The molecule has 2 aromatic heterocycles. The number of fused-ring (bicyclic) bond motifs is 1. The van der Waals surface area contributed by atoms with Gasteiger partial charge in [-0.1, -0.05) is 12.1 Å². The van der Waals surface area contributed by atoms with Gasteiger partial charge in [-0.3, -0.25) is 0 Å². The predicted molar refractivity (Wildman–Crippen MR) is 155 cm³/mol. The first-order valence-corrected chi connectivity index (χ1v) is 14.1. The fraction of sp³-hybridized carbons (Fsp3) is 0.448. The normalized spacial score (nSPS) is 20.3. The summed E-state index contributed by atoms with van der Waals surface area (Å²) in [5.74, 6) is 0.121. The van der Waals surface area contributed by atoms with E-state index in [4.69, 9.17) is 29.6 Å². The van der Waals surface area contributed by atoms with Crippen LogP contribution in [0.4, 0.5) is 36.4 Å². The molecule has 0 aliphatic carbocycles. The third kappa shape index (κ3) is 7.08. The highest BCUT2D eigenvalue weighted by atomic mass is 19.4. The zero-order valence-corrected chi connectivity index (χ0v) is 23.9. The summed E-state index contributed by atoms with van der Waals surface area (Å²) in [4.78, 5) is 30.5. The number of rotatable bonds is 4. The van der Waals surface area contributed by atoms with Crippen LogP contribution in [0.1, 0.15) is 19.4 Å². The number of benzene rings is 1. The Bertz CT molecular complexity index is 1440. The second-order valence-electron chi connectivity index (χ2n) is 10.8. The number of aromatic nitrogens is 3. The number of hydrogen-bond donors (Lipinski definition) is 3. The van der Waals surface area contributed by atoms with Gasteiger partial charge in [-0.25, -0.2) is 14.8 Å². The molecule has 2 fully saturated rings. The molecule has 1 aromatic carbocycles. The molecule has 2 unspecified atom stereocenters. The minimum atomic E-state index is -5.08. The summed E-state index contributed by atoms with van der Waals surface area (Å²) < 4.78 is 37.3. The topological polar surface area (TPSA) is 127 Å². The van der Waals surface area contributed by atoms with E-state index in [0.717, 1.165) is 73.3 Å². The first-order chi connectivity index (χ1) is 20.5. The van der Waals surface area contributed by atoms with Crippen molar-refractivity contribution in [2.45, 2.75) is 38.5 Å². The number of alkyl halides is 3. The lowest BCUT2D eigenvalue weighted by Gasteiger charge is -2.37. The summed E-state index contributed by atoms with van der Waals surface area (Å²) in [5, 5.41) is 20.9. The Morgan fingerprint density at radius 2 is 1.72 bits per heavy atom. The van der Waals surface area contributed by atoms with E-state index in [1.165, 1.54) is 0 Å². The molecule has 0 amide bonds. The molecule has 14 heteroatoms. The van der Waals surface area contributed by atoms with Gasteiger partial charge in [0.1, 0.15) is 17.4 Å². The second kappa shape index (κ2) is 12.6. The van der Waals surface area contributed by atoms with E-state index in [1.807, 2.05) is 18.3 Å². The van der Waals surface area contributed by atoms with Crippen molar-refractivity contribution in [3.63, 3.8) is 0 Å². The van der Waals surface area contributed by atoms with Crippen molar-refractivity contribution in [3.8, 4) is 17.0 Å². The van der Waals surface area contributed by atoms with Crippen molar-refractivity contribution in [2.24, 2.45) is 0 Å². The molecule has 3 aliphatic rings. The van der Waals surface area contributed by atoms with Crippen LogP contribution in [0, 0.1) is 0 Å². The molecule has 3 aliphatic heterocycles. The molecule has 3 aromatic rings. The van der Waals surface area contributed by atoms with E-state index in [0.29, 0.717) is 31.2 Å². The van der Waals surface area contributed by atoms with Crippen molar-refractivity contribution in [2.75, 3.05) is 60.6 Å². The van der Waals surface area contributed by atoms with Gasteiger partial charge >= 0.3 is 12.1 Å². The zero-order valence-electron chi connectivity index (χ0n) is 23.9. The quantitative estimate of drug-likeness (QED) is 0.406. The molecule has 0 spiro atoms. The van der Waals surface area contributed by atoms with Crippen LogP contribution >= 0.6 is 0 Å². The molecule has 2 atom stereocenters. The molecule has 5 heterocycles. The fourth-order valence-corrected chi connectivity index (χ4v) is 5.55. The van der Waals surface area contributed by atoms with Crippen molar-refractivity contribution in [3.05, 3.63) is 48.2 Å². The van der Waals surface area contributed by atoms with E-state index in [-0.39, 0.29) is 5.75 Å². The van der Waals surface area contributed by atoms with E-state index >= 15 is 0 Å². The number of hydrogen-bond acceptors (Lipinski definition) is 10. The highest BCUT2D eigenvalue weighted by molar-refractivity contribution is 5.78. The number of halogens is 3. The molecule has 2 saturated heterocycles. The largest absolute Gasteiger partial charge is 0.508 e. The van der Waals surface area contributed by atoms with Crippen LogP contribution in [0.5, 0.6) is 5.75 Å². The fourth-order valence-electron chi connectivity index (χ4n) is 5.55. The Morgan fingerprint density at radius 1 is 1.02 bits per heavy atom. The summed E-state index contributed by atoms with van der Waals surface area (Å²) in [6, 6.07) is 12.4. The van der Waals surface area contributed by atoms with Crippen LogP contribution in [0.15, 0.2) is 42.6 Å². The summed E-state index contributed by atoms with van der Waals surface area (Å²) in [5.41, 5.74) is 4.00. The van der Waals surface area contributed by atoms with Crippen molar-refractivity contribution >= 4 is 29.2 Å². The number of carboxylic acids is 1. The minimum absolute atomic E-state index is 0.237. The van der Waals surface area contributed by atoms with Crippen molar-refractivity contribution in [1.29, 1.82) is 0 Å². The molecule has 0 bridgehead atoms. The number of phenols is 1. The maximum absolute atomic E-state index is 10.6. The number of anilines is 4. The van der Waals surface area contributed by atoms with Gasteiger partial charge in [0, 0.05) is 73.9 Å². The van der Waals surface area contributed by atoms with E-state index in [9.17, 15) is 18.3 Å². The molecule has 0 radical (unpaired) electrons. The Kier molecular flexibility index (Phi) is 8.87. The van der Waals surface area contributed by atoms with E-state index in [2.05, 4.69) is 46.0 Å². The lowest BCUT2D eigenvalue weighted by atomic mass is 10.1. The second-order valence-corrected chi connectivity index (χ2v) is 10.8. The van der Waals surface area contributed by atoms with E-state index < -0.39 is 12.1 Å². The molecule has 0 saturated carbocycles. The molecule has 230 valence electrons. The number of nitrogens with zero attached hydrogens (tertiary/aromatic N) is 6. The summed E-state index contributed by atoms with van der Waals surface area (Å²) in [6.07, 6.45) is -2.34. The number of carbonyl (C=O) groups is 1. The van der Waals surface area contributed by atoms with Gasteiger partial charge in [0.25, 0.3) is 0 Å². The number of pyridine rings is 1. The average Bonchev–Trinajstić information content (AvgIpc) is 3.41. The standard InChI is InChI=1S/C27H33N7O2.C2HF3O2/c1-18-16-33(17-19(2)29-18)24-15-21(6-8-28-24)34-9-7-23-25(20-4-3-5-22(35)14-20)30-27(31-26(23)34)32-10-12-36-13-11-32;3-2(4,5)1(6)7/h3-6,8,14-15,18-19,29,35H,7,9-13,16-17H2,1-2H3;(H,6,7). The van der Waals surface area contributed by atoms with Crippen LogP contribution in [-0.4, -0.2) is 95.3 Å². The Hall–Kier alpha value is -4.17. The van der Waals surface area contributed by atoms with Gasteiger partial charge in [-0.05, 0) is 38.5 Å². The monoisotopic (exact) mass is 601 g/mol. The van der Waals surface area contributed by atoms with Crippen LogP contribution in [0.3, 0.4) is 0 Å². The average molecular weight is 602 g/mol. The Labute approximate surface area is 246 Å². The maximum Gasteiger partial charge on any atom is 0.490 e. The van der Waals surface area contributed by atoms with Crippen molar-refractivity contribution < 1.29 is 32.9 Å². The molecule has 3 N–H and O–H groups in total. The lowest BCUT2D eigenvalue weighted by molar-refractivity contribution is -0.192. The van der Waals surface area contributed by atoms with Gasteiger partial charge in [-0.15, -0.1) is 0 Å². The smallest absolute Gasteiger partial charge is 0.490 e. The summed E-state index contributed by atoms with van der Waals surface area (Å²) >= 11 is 0. The minimum Gasteiger partial charge on any atom is -0.508 e. The molecular weight excluding hydrogens is 567 g/mol. The Morgan fingerprint density at radius 3 is 2.37 bits per heavy atom. The molecule has 6 rings (SSSR count). The third-order valence-electron chi connectivity index (χ3n) is 7.39. The zero-order chi connectivity index (χ0) is 30.7. The number of morpholine rings is 1. The Balaban J connectivity index is 0.000000472. The highest BCUT2D eigenvalue weighted by Crippen LogP contribution is 2.40. The number of nitrogens with one attached hydrogen (secondary N) is 1. The lowest BCUT2D eigenvalue weighted by Crippen LogP contribution is -2.54. The molecule has 43 heavy (non-hydrogen) atoms. The first-order valence-electron chi connectivity index (χ1n) is 14.1. The van der Waals surface area contributed by atoms with Crippen LogP contribution in [0.25, 0.3) is 11.3 Å². The van der Waals surface area contributed by atoms with Gasteiger partial charge in [0.05, 0.1) is 18.9 Å². The van der Waals surface area contributed by atoms with Gasteiger partial charge in [0.15, 0.2) is 0 Å². The first kappa shape index (κ1) is 30.3. The predicted octanol–water partition coefficient (Wildman–Crippen LogP) is 3.59. The number of aliphatic carboxylic acids is 1. The van der Waals surface area contributed by atoms with Gasteiger partial charge in [0.2, 0.25) is 5.95 Å². The van der Waals surface area contributed by atoms with Crippen LogP contribution < -0.4 is 20.0 Å². The number of aromatic hydroxyl groups is 1. The highest BCUT2D eigenvalue weighted by Gasteiger charge is 2.38. The molecule has 11 nitrogen and oxygen atoms in total. The van der Waals surface area contributed by atoms with Gasteiger partial charge < -0.3 is 35.0 Å². The van der Waals surface area contributed by atoms with E-state index in [1.54, 1.807) is 12.1 Å². The number of carboxylic acid groups (broad SMARTS) is 1. The molecular formula is C29H34F3N7O4. The number of ether oxygens (including phenoxy) is 1. The van der Waals surface area contributed by atoms with Gasteiger partial charge in [-0.2, -0.15) is 18.2 Å². The summed E-state index contributed by atoms with van der Waals surface area (Å²) in [7, 11) is 0. The van der Waals surface area contributed by atoms with Crippen LogP contribution in [0.2, 0.25) is 0 Å². The number of piperazine rings is 1. The van der Waals surface area contributed by atoms with Crippen molar-refractivity contribution in [1.82, 2.24) is 20.3 Å². The summed E-state index contributed by atoms with van der Waals surface area (Å²) in [6.45, 7) is 9.98.